The molecule has 1 atom stereocenters. The second-order valence-electron chi connectivity index (χ2n) is 6.17. The number of hydrogen-bond donors (Lipinski definition) is 1. The molecule has 5 heteroatoms. The first-order valence-electron chi connectivity index (χ1n) is 7.36. The fraction of sp³-hybridized carbons (Fsp3) is 0.562. The second kappa shape index (κ2) is 5.73. The molecule has 21 heavy (non-hydrogen) atoms. The van der Waals surface area contributed by atoms with Gasteiger partial charge in [-0.25, -0.2) is 4.39 Å². The third kappa shape index (κ3) is 2.94. The van der Waals surface area contributed by atoms with Crippen LogP contribution in [-0.2, 0) is 16.1 Å². The van der Waals surface area contributed by atoms with Crippen molar-refractivity contribution >= 4 is 5.97 Å². The first-order chi connectivity index (χ1) is 10.1. The van der Waals surface area contributed by atoms with Gasteiger partial charge in [-0.2, -0.15) is 0 Å². The zero-order valence-electron chi connectivity index (χ0n) is 11.9. The molecule has 0 saturated carbocycles. The van der Waals surface area contributed by atoms with Crippen LogP contribution in [0.4, 0.5) is 4.39 Å². The number of nitrogens with zero attached hydrogens (tertiary/aromatic N) is 1. The molecule has 2 aliphatic rings. The van der Waals surface area contributed by atoms with Gasteiger partial charge in [0.15, 0.2) is 0 Å². The van der Waals surface area contributed by atoms with Gasteiger partial charge in [0.1, 0.15) is 5.82 Å². The van der Waals surface area contributed by atoms with E-state index in [4.69, 9.17) is 4.74 Å². The number of carbonyl (C=O) groups is 1. The molecule has 114 valence electrons. The van der Waals surface area contributed by atoms with E-state index in [0.29, 0.717) is 26.3 Å². The molecule has 2 fully saturated rings. The molecule has 4 nitrogen and oxygen atoms in total. The molecule has 0 amide bonds. The average molecular weight is 293 g/mol. The topological polar surface area (TPSA) is 49.8 Å². The lowest BCUT2D eigenvalue weighted by Crippen LogP contribution is -2.40. The van der Waals surface area contributed by atoms with Crippen molar-refractivity contribution in [3.63, 3.8) is 0 Å². The number of ether oxygens (including phenoxy) is 1. The fourth-order valence-corrected chi connectivity index (χ4v) is 3.71. The maximum atomic E-state index is 13.3. The minimum Gasteiger partial charge on any atom is -0.481 e. The number of likely N-dealkylation sites (tertiary alicyclic amines) is 1. The predicted molar refractivity (Wildman–Crippen MR) is 75.3 cm³/mol. The molecule has 1 N–H and O–H groups in total. The number of benzene rings is 1. The Morgan fingerprint density at radius 3 is 2.86 bits per heavy atom. The summed E-state index contributed by atoms with van der Waals surface area (Å²) in [6.07, 6.45) is 1.59. The van der Waals surface area contributed by atoms with Crippen molar-refractivity contribution in [1.82, 2.24) is 4.90 Å². The van der Waals surface area contributed by atoms with E-state index in [0.717, 1.165) is 24.9 Å². The minimum atomic E-state index is -0.723. The van der Waals surface area contributed by atoms with Crippen LogP contribution in [0.1, 0.15) is 18.4 Å². The van der Waals surface area contributed by atoms with E-state index in [1.54, 1.807) is 6.07 Å². The molecule has 0 aliphatic carbocycles. The normalized spacial score (nSPS) is 25.3. The van der Waals surface area contributed by atoms with Crippen molar-refractivity contribution in [2.75, 3.05) is 26.3 Å². The molecule has 2 aliphatic heterocycles. The van der Waals surface area contributed by atoms with Crippen LogP contribution in [0.3, 0.4) is 0 Å². The highest BCUT2D eigenvalue weighted by molar-refractivity contribution is 5.72. The lowest BCUT2D eigenvalue weighted by Gasteiger charge is -2.36. The summed E-state index contributed by atoms with van der Waals surface area (Å²) in [6.45, 7) is 3.16. The SMILES string of the molecule is O=C(O)[C@H]1CN(Cc2cccc(F)c2)CC12CCOCC2. The van der Waals surface area contributed by atoms with Crippen molar-refractivity contribution in [3.8, 4) is 0 Å². The van der Waals surface area contributed by atoms with Gasteiger partial charge < -0.3 is 9.84 Å². The standard InChI is InChI=1S/C16H20FNO3/c17-13-3-1-2-12(8-13)9-18-10-14(15(19)20)16(11-18)4-6-21-7-5-16/h1-3,8,14H,4-7,9-11H2,(H,19,20)/t14-/m1/s1. The third-order valence-corrected chi connectivity index (χ3v) is 4.80. The Kier molecular flexibility index (Phi) is 3.95. The highest BCUT2D eigenvalue weighted by Gasteiger charge is 2.50. The molecule has 2 saturated heterocycles. The Labute approximate surface area is 123 Å². The number of halogens is 1. The van der Waals surface area contributed by atoms with Gasteiger partial charge >= 0.3 is 5.97 Å². The molecule has 3 rings (SSSR count). The van der Waals surface area contributed by atoms with Crippen molar-refractivity contribution in [1.29, 1.82) is 0 Å². The van der Waals surface area contributed by atoms with Gasteiger partial charge in [0.05, 0.1) is 5.92 Å². The number of rotatable bonds is 3. The molecule has 0 bridgehead atoms. The first-order valence-corrected chi connectivity index (χ1v) is 7.36. The lowest BCUT2D eigenvalue weighted by molar-refractivity contribution is -0.146. The van der Waals surface area contributed by atoms with Crippen LogP contribution in [0, 0.1) is 17.2 Å². The van der Waals surface area contributed by atoms with Gasteiger partial charge in [-0.05, 0) is 30.5 Å². The van der Waals surface area contributed by atoms with Crippen LogP contribution < -0.4 is 0 Å². The Morgan fingerprint density at radius 2 is 2.19 bits per heavy atom. The van der Waals surface area contributed by atoms with Crippen molar-refractivity contribution in [2.24, 2.45) is 11.3 Å². The van der Waals surface area contributed by atoms with E-state index < -0.39 is 5.97 Å². The summed E-state index contributed by atoms with van der Waals surface area (Å²) >= 11 is 0. The maximum Gasteiger partial charge on any atom is 0.308 e. The summed E-state index contributed by atoms with van der Waals surface area (Å²) in [6, 6.07) is 6.52. The molecule has 2 heterocycles. The van der Waals surface area contributed by atoms with E-state index >= 15 is 0 Å². The van der Waals surface area contributed by atoms with Gasteiger partial charge in [0, 0.05) is 38.3 Å². The monoisotopic (exact) mass is 293 g/mol. The molecular formula is C16H20FNO3. The van der Waals surface area contributed by atoms with Gasteiger partial charge in [-0.15, -0.1) is 0 Å². The molecular weight excluding hydrogens is 273 g/mol. The maximum absolute atomic E-state index is 13.3. The van der Waals surface area contributed by atoms with Crippen molar-refractivity contribution in [3.05, 3.63) is 35.6 Å². The number of aliphatic carboxylic acids is 1. The van der Waals surface area contributed by atoms with Crippen LogP contribution >= 0.6 is 0 Å². The van der Waals surface area contributed by atoms with Gasteiger partial charge in [0.2, 0.25) is 0 Å². The van der Waals surface area contributed by atoms with Crippen LogP contribution in [0.15, 0.2) is 24.3 Å². The largest absolute Gasteiger partial charge is 0.481 e. The zero-order valence-corrected chi connectivity index (χ0v) is 11.9. The van der Waals surface area contributed by atoms with Gasteiger partial charge in [-0.3, -0.25) is 9.69 Å². The summed E-state index contributed by atoms with van der Waals surface area (Å²) in [4.78, 5) is 13.7. The Morgan fingerprint density at radius 1 is 1.43 bits per heavy atom. The van der Waals surface area contributed by atoms with Crippen LogP contribution in [0.5, 0.6) is 0 Å². The smallest absolute Gasteiger partial charge is 0.308 e. The van der Waals surface area contributed by atoms with E-state index in [9.17, 15) is 14.3 Å². The lowest BCUT2D eigenvalue weighted by atomic mass is 9.72. The van der Waals surface area contributed by atoms with Crippen molar-refractivity contribution in [2.45, 2.75) is 19.4 Å². The third-order valence-electron chi connectivity index (χ3n) is 4.80. The summed E-state index contributed by atoms with van der Waals surface area (Å²) in [5, 5.41) is 9.53. The van der Waals surface area contributed by atoms with Crippen LogP contribution in [0.25, 0.3) is 0 Å². The Bertz CT molecular complexity index is 528. The molecule has 1 aromatic rings. The van der Waals surface area contributed by atoms with Gasteiger partial charge in [-0.1, -0.05) is 12.1 Å². The molecule has 0 radical (unpaired) electrons. The number of carboxylic acid groups (broad SMARTS) is 1. The van der Waals surface area contributed by atoms with Crippen molar-refractivity contribution < 1.29 is 19.0 Å². The average Bonchev–Trinajstić information content (AvgIpc) is 2.78. The highest BCUT2D eigenvalue weighted by atomic mass is 19.1. The Hall–Kier alpha value is -1.46. The molecule has 0 unspecified atom stereocenters. The summed E-state index contributed by atoms with van der Waals surface area (Å²) < 4.78 is 18.7. The van der Waals surface area contributed by atoms with E-state index in [2.05, 4.69) is 4.90 Å². The minimum absolute atomic E-state index is 0.183. The van der Waals surface area contributed by atoms with E-state index in [-0.39, 0.29) is 17.2 Å². The number of carboxylic acids is 1. The molecule has 1 spiro atoms. The highest BCUT2D eigenvalue weighted by Crippen LogP contribution is 2.44. The van der Waals surface area contributed by atoms with Gasteiger partial charge in [0.25, 0.3) is 0 Å². The van der Waals surface area contributed by atoms with Crippen LogP contribution in [0.2, 0.25) is 0 Å². The first kappa shape index (κ1) is 14.5. The summed E-state index contributed by atoms with van der Waals surface area (Å²) in [5.41, 5.74) is 0.709. The summed E-state index contributed by atoms with van der Waals surface area (Å²) in [7, 11) is 0. The molecule has 1 aromatic carbocycles. The van der Waals surface area contributed by atoms with E-state index in [1.165, 1.54) is 12.1 Å². The van der Waals surface area contributed by atoms with E-state index in [1.807, 2.05) is 6.07 Å². The number of hydrogen-bond acceptors (Lipinski definition) is 3. The quantitative estimate of drug-likeness (QED) is 0.927. The Balaban J connectivity index is 1.75. The second-order valence-corrected chi connectivity index (χ2v) is 6.17. The fourth-order valence-electron chi connectivity index (χ4n) is 3.71. The predicted octanol–water partition coefficient (Wildman–Crippen LogP) is 2.14. The van der Waals surface area contributed by atoms with Crippen LogP contribution in [-0.4, -0.2) is 42.3 Å². The summed E-state index contributed by atoms with van der Waals surface area (Å²) in [5.74, 6) is -1.32. The molecule has 0 aromatic heterocycles. The zero-order chi connectivity index (χ0) is 14.9.